The van der Waals surface area contributed by atoms with Crippen LogP contribution in [0.3, 0.4) is 0 Å². The minimum absolute atomic E-state index is 0.315. The van der Waals surface area contributed by atoms with Gasteiger partial charge in [0.25, 0.3) is 0 Å². The summed E-state index contributed by atoms with van der Waals surface area (Å²) in [6.07, 6.45) is -4.96. The van der Waals surface area contributed by atoms with Gasteiger partial charge < -0.3 is 4.74 Å². The highest BCUT2D eigenvalue weighted by Crippen LogP contribution is 2.48. The monoisotopic (exact) mass is 357 g/mol. The Morgan fingerprint density at radius 3 is 1.91 bits per heavy atom. The van der Waals surface area contributed by atoms with Crippen molar-refractivity contribution in [3.63, 3.8) is 0 Å². The van der Waals surface area contributed by atoms with Crippen LogP contribution < -0.4 is 9.57 Å². The normalized spacial score (nSPS) is 13.4. The van der Waals surface area contributed by atoms with Crippen molar-refractivity contribution in [2.45, 2.75) is 24.2 Å². The maximum atomic E-state index is 13.2. The number of anilines is 1. The smallest absolute Gasteiger partial charge is 0.381 e. The fourth-order valence-corrected chi connectivity index (χ4v) is 1.39. The molecule has 2 nitrogen and oxygen atoms in total. The molecule has 0 aliphatic carbocycles. The molecule has 22 heavy (non-hydrogen) atoms. The first-order valence-corrected chi connectivity index (χ1v) is 5.84. The van der Waals surface area contributed by atoms with E-state index in [1.165, 1.54) is 12.1 Å². The Labute approximate surface area is 124 Å². The van der Waals surface area contributed by atoms with Crippen LogP contribution in [0, 0.1) is 0 Å². The van der Waals surface area contributed by atoms with Crippen molar-refractivity contribution in [1.29, 1.82) is 0 Å². The van der Waals surface area contributed by atoms with Gasteiger partial charge in [-0.2, -0.15) is 26.3 Å². The lowest BCUT2D eigenvalue weighted by molar-refractivity contribution is -0.342. The summed E-state index contributed by atoms with van der Waals surface area (Å²) in [4.78, 5) is 2.15. The molecule has 1 aromatic rings. The first kappa shape index (κ1) is 18.6. The molecule has 0 saturated heterocycles. The number of halogens is 9. The Morgan fingerprint density at radius 1 is 1.00 bits per heavy atom. The minimum Gasteiger partial charge on any atom is -0.487 e. The predicted octanol–water partition coefficient (Wildman–Crippen LogP) is 4.80. The third-order valence-electron chi connectivity index (χ3n) is 2.54. The van der Waals surface area contributed by atoms with Crippen molar-refractivity contribution in [2.24, 2.45) is 0 Å². The van der Waals surface area contributed by atoms with Crippen LogP contribution in [-0.4, -0.2) is 30.8 Å². The summed E-state index contributed by atoms with van der Waals surface area (Å²) in [6.45, 7) is -2.21. The molecular formula is C11H8ClF8NO. The summed E-state index contributed by atoms with van der Waals surface area (Å²) in [5, 5.41) is 0. The van der Waals surface area contributed by atoms with E-state index in [-0.39, 0.29) is 5.75 Å². The molecule has 126 valence electrons. The lowest BCUT2D eigenvalue weighted by Crippen LogP contribution is -2.59. The molecule has 0 radical (unpaired) electrons. The van der Waals surface area contributed by atoms with Gasteiger partial charge in [0, 0.05) is 17.5 Å². The first-order valence-electron chi connectivity index (χ1n) is 5.47. The third-order valence-corrected chi connectivity index (χ3v) is 2.75. The number of nitrogens with one attached hydrogen (secondary N) is 1. The van der Waals surface area contributed by atoms with Gasteiger partial charge in [0.1, 0.15) is 5.75 Å². The summed E-state index contributed by atoms with van der Waals surface area (Å²) in [5.41, 5.74) is 0.315. The Bertz CT molecular complexity index is 493. The zero-order valence-electron chi connectivity index (χ0n) is 10.4. The lowest BCUT2D eigenvalue weighted by Gasteiger charge is -2.31. The van der Waals surface area contributed by atoms with Crippen LogP contribution in [0.2, 0.25) is 0 Å². The second-order valence-electron chi connectivity index (χ2n) is 4.11. The van der Waals surface area contributed by atoms with Gasteiger partial charge in [-0.15, -0.1) is 0 Å². The van der Waals surface area contributed by atoms with E-state index in [1.807, 2.05) is 0 Å². The number of ether oxygens (including phenoxy) is 1. The summed E-state index contributed by atoms with van der Waals surface area (Å²) < 4.78 is 105. The predicted molar refractivity (Wildman–Crippen MR) is 62.3 cm³/mol. The van der Waals surface area contributed by atoms with E-state index in [0.29, 0.717) is 5.69 Å². The molecule has 0 atom stereocenters. The van der Waals surface area contributed by atoms with Crippen molar-refractivity contribution in [3.05, 3.63) is 24.3 Å². The third kappa shape index (κ3) is 3.47. The highest BCUT2D eigenvalue weighted by molar-refractivity contribution is 6.23. The fourth-order valence-electron chi connectivity index (χ4n) is 1.26. The van der Waals surface area contributed by atoms with E-state index in [2.05, 4.69) is 9.57 Å². The van der Waals surface area contributed by atoms with Gasteiger partial charge in [0.2, 0.25) is 0 Å². The molecule has 0 spiro atoms. The van der Waals surface area contributed by atoms with E-state index in [4.69, 9.17) is 11.8 Å². The lowest BCUT2D eigenvalue weighted by atomic mass is 10.1. The van der Waals surface area contributed by atoms with Gasteiger partial charge in [-0.3, -0.25) is 4.84 Å². The van der Waals surface area contributed by atoms with E-state index >= 15 is 0 Å². The van der Waals surface area contributed by atoms with Crippen molar-refractivity contribution in [3.8, 4) is 5.75 Å². The topological polar surface area (TPSA) is 21.3 Å². The van der Waals surface area contributed by atoms with E-state index in [1.54, 1.807) is 0 Å². The van der Waals surface area contributed by atoms with Gasteiger partial charge in [-0.25, -0.2) is 8.78 Å². The van der Waals surface area contributed by atoms with Crippen LogP contribution >= 0.6 is 11.8 Å². The van der Waals surface area contributed by atoms with Crippen LogP contribution in [-0.2, 0) is 0 Å². The molecule has 1 aromatic carbocycles. The molecule has 1 N–H and O–H groups in total. The van der Waals surface area contributed by atoms with Crippen LogP contribution in [0.4, 0.5) is 40.8 Å². The second-order valence-corrected chi connectivity index (χ2v) is 4.30. The van der Waals surface area contributed by atoms with Crippen molar-refractivity contribution in [2.75, 3.05) is 11.4 Å². The van der Waals surface area contributed by atoms with Crippen LogP contribution in [0.5, 0.6) is 5.75 Å². The van der Waals surface area contributed by atoms with Crippen LogP contribution in [0.1, 0.15) is 0 Å². The summed E-state index contributed by atoms with van der Waals surface area (Å²) in [5.74, 6) is -18.4. The zero-order chi connectivity index (χ0) is 17.2. The van der Waals surface area contributed by atoms with E-state index in [0.717, 1.165) is 12.1 Å². The number of hydrogen-bond acceptors (Lipinski definition) is 2. The Morgan fingerprint density at radius 2 is 1.50 bits per heavy atom. The highest BCUT2D eigenvalue weighted by atomic mass is 35.5. The molecule has 0 heterocycles. The molecule has 0 aliphatic heterocycles. The fraction of sp³-hybridized carbons (Fsp3) is 0.455. The quantitative estimate of drug-likeness (QED) is 0.559. The largest absolute Gasteiger partial charge is 0.487 e. The number of benzene rings is 1. The molecular weight excluding hydrogens is 350 g/mol. The first-order chi connectivity index (χ1) is 9.95. The molecule has 0 unspecified atom stereocenters. The second kappa shape index (κ2) is 6.35. The maximum Gasteiger partial charge on any atom is 0.381 e. The Kier molecular flexibility index (Phi) is 5.37. The van der Waals surface area contributed by atoms with Crippen molar-refractivity contribution < 1.29 is 39.9 Å². The van der Waals surface area contributed by atoms with Gasteiger partial charge >= 0.3 is 24.2 Å². The number of rotatable bonds is 7. The van der Waals surface area contributed by atoms with Crippen LogP contribution in [0.25, 0.3) is 0 Å². The molecule has 0 saturated carbocycles. The average Bonchev–Trinajstić information content (AvgIpc) is 2.45. The SMILES string of the molecule is FC(F)C(F)(F)C(F)(F)C(F)(F)COc1ccc(NCl)cc1. The molecule has 0 fully saturated rings. The number of hydrogen-bond donors (Lipinski definition) is 1. The molecule has 1 rings (SSSR count). The van der Waals surface area contributed by atoms with Crippen molar-refractivity contribution >= 4 is 17.5 Å². The van der Waals surface area contributed by atoms with E-state index < -0.39 is 30.8 Å². The molecule has 0 aromatic heterocycles. The average molecular weight is 358 g/mol. The molecule has 11 heteroatoms. The van der Waals surface area contributed by atoms with Gasteiger partial charge in [-0.05, 0) is 24.3 Å². The van der Waals surface area contributed by atoms with Gasteiger partial charge in [0.15, 0.2) is 6.61 Å². The maximum absolute atomic E-state index is 13.2. The Hall–Kier alpha value is -1.45. The zero-order valence-corrected chi connectivity index (χ0v) is 11.2. The van der Waals surface area contributed by atoms with E-state index in [9.17, 15) is 35.1 Å². The summed E-state index contributed by atoms with van der Waals surface area (Å²) in [7, 11) is 0. The number of alkyl halides is 8. The highest BCUT2D eigenvalue weighted by Gasteiger charge is 2.75. The Balaban J connectivity index is 2.85. The summed E-state index contributed by atoms with van der Waals surface area (Å²) >= 11 is 5.20. The van der Waals surface area contributed by atoms with Crippen molar-refractivity contribution in [1.82, 2.24) is 0 Å². The minimum atomic E-state index is -6.29. The van der Waals surface area contributed by atoms with Gasteiger partial charge in [0.05, 0.1) is 0 Å². The van der Waals surface area contributed by atoms with Crippen LogP contribution in [0.15, 0.2) is 24.3 Å². The van der Waals surface area contributed by atoms with Gasteiger partial charge in [-0.1, -0.05) is 0 Å². The summed E-state index contributed by atoms with van der Waals surface area (Å²) in [6, 6.07) is 4.49. The molecule has 0 aliphatic rings. The molecule has 0 amide bonds. The standard InChI is InChI=1S/C11H8ClF8NO/c12-21-6-1-3-7(4-2-6)22-5-9(15,16)11(19,20)10(17,18)8(13)14/h1-4,8,21H,5H2. The molecule has 0 bridgehead atoms.